The Bertz CT molecular complexity index is 768. The van der Waals surface area contributed by atoms with E-state index in [1.54, 1.807) is 31.2 Å². The molecule has 4 nitrogen and oxygen atoms in total. The van der Waals surface area contributed by atoms with E-state index in [1.807, 2.05) is 4.90 Å². The fourth-order valence-corrected chi connectivity index (χ4v) is 3.40. The summed E-state index contributed by atoms with van der Waals surface area (Å²) < 4.78 is 5.77. The number of halogens is 1. The van der Waals surface area contributed by atoms with Gasteiger partial charge in [0.25, 0.3) is 5.91 Å². The molecule has 1 heterocycles. The molecule has 3 rings (SSSR count). The number of hydrogen-bond donors (Lipinski definition) is 0. The summed E-state index contributed by atoms with van der Waals surface area (Å²) in [4.78, 5) is 16.9. The van der Waals surface area contributed by atoms with Crippen molar-refractivity contribution in [3.63, 3.8) is 0 Å². The summed E-state index contributed by atoms with van der Waals surface area (Å²) in [5.74, 6) is 0.685. The molecule has 0 spiro atoms. The van der Waals surface area contributed by atoms with Gasteiger partial charge in [0, 0.05) is 36.9 Å². The van der Waals surface area contributed by atoms with Gasteiger partial charge in [-0.3, -0.25) is 4.79 Å². The molecule has 138 valence electrons. The molecule has 2 aromatic rings. The number of nitrogens with zero attached hydrogens (tertiary/aromatic N) is 2. The van der Waals surface area contributed by atoms with Crippen LogP contribution < -0.4 is 9.64 Å². The third kappa shape index (κ3) is 4.13. The normalized spacial score (nSPS) is 15.7. The highest BCUT2D eigenvalue weighted by Crippen LogP contribution is 2.24. The number of carbonyl (C=O) groups is 1. The van der Waals surface area contributed by atoms with Gasteiger partial charge in [0.1, 0.15) is 5.75 Å². The van der Waals surface area contributed by atoms with Gasteiger partial charge in [-0.05, 0) is 62.2 Å². The maximum Gasteiger partial charge on any atom is 0.263 e. The van der Waals surface area contributed by atoms with Crippen molar-refractivity contribution in [1.82, 2.24) is 4.90 Å². The molecule has 0 aromatic heterocycles. The average molecular weight is 373 g/mol. The van der Waals surface area contributed by atoms with Crippen LogP contribution in [0, 0.1) is 13.8 Å². The fraction of sp³-hybridized carbons (Fsp3) is 0.381. The second-order valence-electron chi connectivity index (χ2n) is 6.75. The zero-order chi connectivity index (χ0) is 18.7. The predicted octanol–water partition coefficient (Wildman–Crippen LogP) is 4.07. The molecule has 5 heteroatoms. The van der Waals surface area contributed by atoms with Crippen LogP contribution in [0.5, 0.6) is 5.75 Å². The van der Waals surface area contributed by atoms with E-state index in [-0.39, 0.29) is 5.91 Å². The molecular formula is C21H25ClN2O2. The van der Waals surface area contributed by atoms with Crippen LogP contribution in [0.2, 0.25) is 5.02 Å². The summed E-state index contributed by atoms with van der Waals surface area (Å²) in [7, 11) is 0. The van der Waals surface area contributed by atoms with Crippen LogP contribution in [0.4, 0.5) is 5.69 Å². The molecule has 1 aliphatic heterocycles. The van der Waals surface area contributed by atoms with E-state index in [2.05, 4.69) is 36.9 Å². The highest BCUT2D eigenvalue weighted by Gasteiger charge is 2.26. The number of aryl methyl sites for hydroxylation is 1. The zero-order valence-corrected chi connectivity index (χ0v) is 16.3. The molecular weight excluding hydrogens is 348 g/mol. The van der Waals surface area contributed by atoms with Gasteiger partial charge in [0.15, 0.2) is 6.10 Å². The van der Waals surface area contributed by atoms with Crippen molar-refractivity contribution < 1.29 is 9.53 Å². The van der Waals surface area contributed by atoms with Crippen molar-refractivity contribution in [1.29, 1.82) is 0 Å². The maximum atomic E-state index is 12.7. The lowest BCUT2D eigenvalue weighted by molar-refractivity contribution is -0.138. The molecule has 0 N–H and O–H groups in total. The van der Waals surface area contributed by atoms with Crippen LogP contribution in [-0.2, 0) is 4.79 Å². The SMILES string of the molecule is Cc1cccc(N2CCN(C(=O)[C@H](C)Oc3ccc(Cl)cc3)CC2)c1C. The predicted molar refractivity (Wildman–Crippen MR) is 106 cm³/mol. The Morgan fingerprint density at radius 1 is 1.04 bits per heavy atom. The van der Waals surface area contributed by atoms with Gasteiger partial charge in [0.2, 0.25) is 0 Å². The molecule has 1 fully saturated rings. The molecule has 0 bridgehead atoms. The van der Waals surface area contributed by atoms with E-state index >= 15 is 0 Å². The lowest BCUT2D eigenvalue weighted by Crippen LogP contribution is -2.52. The van der Waals surface area contributed by atoms with Crippen molar-refractivity contribution >= 4 is 23.2 Å². The van der Waals surface area contributed by atoms with Crippen LogP contribution >= 0.6 is 11.6 Å². The summed E-state index contributed by atoms with van der Waals surface area (Å²) >= 11 is 5.88. The number of anilines is 1. The first-order chi connectivity index (χ1) is 12.5. The highest BCUT2D eigenvalue weighted by molar-refractivity contribution is 6.30. The lowest BCUT2D eigenvalue weighted by atomic mass is 10.1. The summed E-state index contributed by atoms with van der Waals surface area (Å²) in [5, 5.41) is 0.652. The summed E-state index contributed by atoms with van der Waals surface area (Å²) in [6, 6.07) is 13.5. The largest absolute Gasteiger partial charge is 0.481 e. The zero-order valence-electron chi connectivity index (χ0n) is 15.5. The Balaban J connectivity index is 1.57. The number of rotatable bonds is 4. The fourth-order valence-electron chi connectivity index (χ4n) is 3.27. The topological polar surface area (TPSA) is 32.8 Å². The minimum Gasteiger partial charge on any atom is -0.481 e. The van der Waals surface area contributed by atoms with Gasteiger partial charge in [-0.25, -0.2) is 0 Å². The van der Waals surface area contributed by atoms with Crippen LogP contribution in [0.15, 0.2) is 42.5 Å². The highest BCUT2D eigenvalue weighted by atomic mass is 35.5. The Hall–Kier alpha value is -2.20. The van der Waals surface area contributed by atoms with Crippen LogP contribution in [0.25, 0.3) is 0 Å². The molecule has 1 amide bonds. The number of benzene rings is 2. The second kappa shape index (κ2) is 8.00. The van der Waals surface area contributed by atoms with Crippen LogP contribution in [-0.4, -0.2) is 43.1 Å². The summed E-state index contributed by atoms with van der Waals surface area (Å²) in [5.41, 5.74) is 3.88. The van der Waals surface area contributed by atoms with E-state index < -0.39 is 6.10 Å². The van der Waals surface area contributed by atoms with Crippen molar-refractivity contribution in [2.24, 2.45) is 0 Å². The van der Waals surface area contributed by atoms with Crippen molar-refractivity contribution in [2.75, 3.05) is 31.1 Å². The van der Waals surface area contributed by atoms with E-state index in [0.717, 1.165) is 13.1 Å². The van der Waals surface area contributed by atoms with Crippen molar-refractivity contribution in [3.8, 4) is 5.75 Å². The van der Waals surface area contributed by atoms with Crippen LogP contribution in [0.3, 0.4) is 0 Å². The Morgan fingerprint density at radius 2 is 1.69 bits per heavy atom. The van der Waals surface area contributed by atoms with Crippen molar-refractivity contribution in [2.45, 2.75) is 26.9 Å². The monoisotopic (exact) mass is 372 g/mol. The summed E-state index contributed by atoms with van der Waals surface area (Å²) in [6.45, 7) is 9.18. The van der Waals surface area contributed by atoms with Gasteiger partial charge >= 0.3 is 0 Å². The third-order valence-electron chi connectivity index (χ3n) is 4.98. The van der Waals surface area contributed by atoms with E-state index in [1.165, 1.54) is 16.8 Å². The Morgan fingerprint density at radius 3 is 2.35 bits per heavy atom. The first-order valence-corrected chi connectivity index (χ1v) is 9.35. The molecule has 0 radical (unpaired) electrons. The molecule has 1 saturated heterocycles. The lowest BCUT2D eigenvalue weighted by Gasteiger charge is -2.37. The number of amides is 1. The van der Waals surface area contributed by atoms with Crippen molar-refractivity contribution in [3.05, 3.63) is 58.6 Å². The molecule has 0 saturated carbocycles. The minimum atomic E-state index is -0.511. The molecule has 26 heavy (non-hydrogen) atoms. The van der Waals surface area contributed by atoms with Gasteiger partial charge in [-0.1, -0.05) is 23.7 Å². The van der Waals surface area contributed by atoms with E-state index in [0.29, 0.717) is 23.9 Å². The minimum absolute atomic E-state index is 0.0283. The Labute approximate surface area is 160 Å². The number of piperazine rings is 1. The number of hydrogen-bond acceptors (Lipinski definition) is 3. The third-order valence-corrected chi connectivity index (χ3v) is 5.23. The molecule has 0 unspecified atom stereocenters. The van der Waals surface area contributed by atoms with E-state index in [9.17, 15) is 4.79 Å². The maximum absolute atomic E-state index is 12.7. The first-order valence-electron chi connectivity index (χ1n) is 8.98. The smallest absolute Gasteiger partial charge is 0.263 e. The first kappa shape index (κ1) is 18.6. The molecule has 1 aliphatic rings. The number of ether oxygens (including phenoxy) is 1. The average Bonchev–Trinajstić information content (AvgIpc) is 2.65. The van der Waals surface area contributed by atoms with Gasteiger partial charge in [-0.15, -0.1) is 0 Å². The number of carbonyl (C=O) groups excluding carboxylic acids is 1. The van der Waals surface area contributed by atoms with Crippen LogP contribution in [0.1, 0.15) is 18.1 Å². The summed E-state index contributed by atoms with van der Waals surface area (Å²) in [6.07, 6.45) is -0.511. The second-order valence-corrected chi connectivity index (χ2v) is 7.18. The molecule has 2 aromatic carbocycles. The standard InChI is InChI=1S/C21H25ClN2O2/c1-15-5-4-6-20(16(15)2)23-11-13-24(14-12-23)21(25)17(3)26-19-9-7-18(22)8-10-19/h4-10,17H,11-14H2,1-3H3/t17-/m0/s1. The molecule has 0 aliphatic carbocycles. The quantitative estimate of drug-likeness (QED) is 0.810. The van der Waals surface area contributed by atoms with Gasteiger partial charge in [-0.2, -0.15) is 0 Å². The van der Waals surface area contributed by atoms with Gasteiger partial charge in [0.05, 0.1) is 0 Å². The van der Waals surface area contributed by atoms with E-state index in [4.69, 9.17) is 16.3 Å². The Kier molecular flexibility index (Phi) is 5.72. The van der Waals surface area contributed by atoms with Gasteiger partial charge < -0.3 is 14.5 Å². The molecule has 1 atom stereocenters.